The quantitative estimate of drug-likeness (QED) is 0.791. The Bertz CT molecular complexity index is 598. The number of aliphatic carboxylic acids is 1. The van der Waals surface area contributed by atoms with Gasteiger partial charge in [0.15, 0.2) is 0 Å². The van der Waals surface area contributed by atoms with Crippen LogP contribution in [0, 0.1) is 0 Å². The number of phenolic OH excluding ortho intramolecular Hbond substituents is 1. The van der Waals surface area contributed by atoms with E-state index in [4.69, 9.17) is 11.6 Å². The smallest absolute Gasteiger partial charge is 0.326 e. The molecule has 2 aromatic carbocycles. The highest BCUT2D eigenvalue weighted by atomic mass is 35.5. The molecule has 0 aromatic heterocycles. The van der Waals surface area contributed by atoms with Crippen LogP contribution in [0.3, 0.4) is 0 Å². The van der Waals surface area contributed by atoms with Crippen LogP contribution in [0.2, 0.25) is 5.02 Å². The number of aromatic hydroxyl groups is 1. The third-order valence-electron chi connectivity index (χ3n) is 2.88. The molecule has 0 amide bonds. The van der Waals surface area contributed by atoms with Crippen LogP contribution >= 0.6 is 11.6 Å². The summed E-state index contributed by atoms with van der Waals surface area (Å²) in [6.45, 7) is 0. The molecule has 0 radical (unpaired) electrons. The van der Waals surface area contributed by atoms with Gasteiger partial charge in [0.25, 0.3) is 0 Å². The molecule has 1 unspecified atom stereocenters. The molecule has 20 heavy (non-hydrogen) atoms. The summed E-state index contributed by atoms with van der Waals surface area (Å²) in [5.74, 6) is -0.808. The van der Waals surface area contributed by atoms with Crippen LogP contribution in [-0.4, -0.2) is 22.2 Å². The molecule has 5 heteroatoms. The number of para-hydroxylation sites is 1. The molecule has 3 N–H and O–H groups in total. The molecule has 0 saturated heterocycles. The number of hydrogen-bond donors (Lipinski definition) is 3. The Labute approximate surface area is 121 Å². The van der Waals surface area contributed by atoms with E-state index in [1.54, 1.807) is 36.4 Å². The zero-order valence-corrected chi connectivity index (χ0v) is 11.3. The first-order valence-corrected chi connectivity index (χ1v) is 6.46. The molecule has 2 aromatic rings. The molecule has 0 spiro atoms. The summed E-state index contributed by atoms with van der Waals surface area (Å²) < 4.78 is 0. The Morgan fingerprint density at radius 2 is 1.80 bits per heavy atom. The van der Waals surface area contributed by atoms with E-state index >= 15 is 0 Å². The van der Waals surface area contributed by atoms with Gasteiger partial charge in [0, 0.05) is 6.42 Å². The van der Waals surface area contributed by atoms with Gasteiger partial charge in [-0.3, -0.25) is 0 Å². The molecule has 4 nitrogen and oxygen atoms in total. The number of benzene rings is 2. The number of carboxylic acid groups (broad SMARTS) is 1. The number of anilines is 1. The van der Waals surface area contributed by atoms with Crippen molar-refractivity contribution in [3.63, 3.8) is 0 Å². The van der Waals surface area contributed by atoms with Crippen LogP contribution in [0.5, 0.6) is 5.75 Å². The summed E-state index contributed by atoms with van der Waals surface area (Å²) in [5.41, 5.74) is 1.40. The Morgan fingerprint density at radius 1 is 1.15 bits per heavy atom. The Kier molecular flexibility index (Phi) is 4.48. The summed E-state index contributed by atoms with van der Waals surface area (Å²) in [6, 6.07) is 12.7. The van der Waals surface area contributed by atoms with Crippen molar-refractivity contribution in [3.8, 4) is 5.75 Å². The number of hydrogen-bond acceptors (Lipinski definition) is 3. The maximum absolute atomic E-state index is 11.3. The van der Waals surface area contributed by atoms with Gasteiger partial charge in [0.2, 0.25) is 0 Å². The first kappa shape index (κ1) is 14.2. The fraction of sp³-hybridized carbons (Fsp3) is 0.133. The standard InChI is InChI=1S/C15H14ClNO3/c16-12-3-1-2-4-13(12)17-14(15(19)20)9-10-5-7-11(18)8-6-10/h1-8,14,17-18H,9H2,(H,19,20). The van der Waals surface area contributed by atoms with E-state index in [0.29, 0.717) is 17.1 Å². The van der Waals surface area contributed by atoms with E-state index < -0.39 is 12.0 Å². The van der Waals surface area contributed by atoms with Crippen molar-refractivity contribution < 1.29 is 15.0 Å². The van der Waals surface area contributed by atoms with Gasteiger partial charge >= 0.3 is 5.97 Å². The first-order valence-electron chi connectivity index (χ1n) is 6.08. The fourth-order valence-electron chi connectivity index (χ4n) is 1.83. The lowest BCUT2D eigenvalue weighted by Crippen LogP contribution is -2.31. The van der Waals surface area contributed by atoms with Crippen LogP contribution in [0.25, 0.3) is 0 Å². The van der Waals surface area contributed by atoms with Gasteiger partial charge in [0.1, 0.15) is 11.8 Å². The molecule has 2 rings (SSSR count). The highest BCUT2D eigenvalue weighted by molar-refractivity contribution is 6.33. The lowest BCUT2D eigenvalue weighted by Gasteiger charge is -2.16. The average molecular weight is 292 g/mol. The molecular weight excluding hydrogens is 278 g/mol. The largest absolute Gasteiger partial charge is 0.508 e. The maximum Gasteiger partial charge on any atom is 0.326 e. The summed E-state index contributed by atoms with van der Waals surface area (Å²) in [6.07, 6.45) is 0.292. The van der Waals surface area contributed by atoms with Crippen LogP contribution in [0.1, 0.15) is 5.56 Å². The Morgan fingerprint density at radius 3 is 2.40 bits per heavy atom. The second-order valence-corrected chi connectivity index (χ2v) is 4.79. The SMILES string of the molecule is O=C(O)C(Cc1ccc(O)cc1)Nc1ccccc1Cl. The average Bonchev–Trinajstić information content (AvgIpc) is 2.42. The third kappa shape index (κ3) is 3.65. The number of phenols is 1. The van der Waals surface area contributed by atoms with E-state index in [2.05, 4.69) is 5.32 Å². The minimum atomic E-state index is -0.960. The van der Waals surface area contributed by atoms with E-state index in [1.807, 2.05) is 0 Å². The predicted octanol–water partition coefficient (Wildman–Crippen LogP) is 3.15. The van der Waals surface area contributed by atoms with E-state index in [9.17, 15) is 15.0 Å². The van der Waals surface area contributed by atoms with Gasteiger partial charge in [-0.05, 0) is 29.8 Å². The molecule has 0 heterocycles. The van der Waals surface area contributed by atoms with Crippen LogP contribution in [0.4, 0.5) is 5.69 Å². The van der Waals surface area contributed by atoms with Crippen molar-refractivity contribution in [1.82, 2.24) is 0 Å². The predicted molar refractivity (Wildman–Crippen MR) is 78.3 cm³/mol. The summed E-state index contributed by atoms with van der Waals surface area (Å²) >= 11 is 6.01. The van der Waals surface area contributed by atoms with Crippen molar-refractivity contribution in [2.24, 2.45) is 0 Å². The van der Waals surface area contributed by atoms with Gasteiger partial charge < -0.3 is 15.5 Å². The van der Waals surface area contributed by atoms with Crippen molar-refractivity contribution in [3.05, 3.63) is 59.1 Å². The van der Waals surface area contributed by atoms with Crippen molar-refractivity contribution in [2.45, 2.75) is 12.5 Å². The molecule has 0 aliphatic carbocycles. The van der Waals surface area contributed by atoms with Gasteiger partial charge in [-0.25, -0.2) is 4.79 Å². The maximum atomic E-state index is 11.3. The molecule has 0 aliphatic heterocycles. The summed E-state index contributed by atoms with van der Waals surface area (Å²) in [4.78, 5) is 11.3. The minimum absolute atomic E-state index is 0.152. The topological polar surface area (TPSA) is 69.6 Å². The zero-order chi connectivity index (χ0) is 14.5. The normalized spacial score (nSPS) is 11.8. The highest BCUT2D eigenvalue weighted by Crippen LogP contribution is 2.22. The first-order chi connectivity index (χ1) is 9.56. The lowest BCUT2D eigenvalue weighted by molar-refractivity contribution is -0.137. The number of halogens is 1. The molecular formula is C15H14ClNO3. The van der Waals surface area contributed by atoms with Crippen molar-refractivity contribution in [2.75, 3.05) is 5.32 Å². The van der Waals surface area contributed by atoms with Gasteiger partial charge in [-0.1, -0.05) is 35.9 Å². The summed E-state index contributed by atoms with van der Waals surface area (Å²) in [5, 5.41) is 21.9. The van der Waals surface area contributed by atoms with Crippen molar-refractivity contribution >= 4 is 23.3 Å². The monoisotopic (exact) mass is 291 g/mol. The molecule has 0 aliphatic rings. The fourth-order valence-corrected chi connectivity index (χ4v) is 2.02. The molecule has 0 fully saturated rings. The number of nitrogens with one attached hydrogen (secondary N) is 1. The number of rotatable bonds is 5. The van der Waals surface area contributed by atoms with Crippen LogP contribution < -0.4 is 5.32 Å². The van der Waals surface area contributed by atoms with Gasteiger partial charge in [-0.15, -0.1) is 0 Å². The van der Waals surface area contributed by atoms with E-state index in [-0.39, 0.29) is 5.75 Å². The van der Waals surface area contributed by atoms with Crippen LogP contribution in [-0.2, 0) is 11.2 Å². The number of carboxylic acids is 1. The Hall–Kier alpha value is -2.20. The lowest BCUT2D eigenvalue weighted by atomic mass is 10.1. The van der Waals surface area contributed by atoms with Crippen molar-refractivity contribution in [1.29, 1.82) is 0 Å². The van der Waals surface area contributed by atoms with E-state index in [0.717, 1.165) is 5.56 Å². The molecule has 1 atom stereocenters. The Balaban J connectivity index is 2.14. The second kappa shape index (κ2) is 6.30. The molecule has 104 valence electrons. The van der Waals surface area contributed by atoms with E-state index in [1.165, 1.54) is 12.1 Å². The van der Waals surface area contributed by atoms with Gasteiger partial charge in [0.05, 0.1) is 10.7 Å². The second-order valence-electron chi connectivity index (χ2n) is 4.39. The van der Waals surface area contributed by atoms with Gasteiger partial charge in [-0.2, -0.15) is 0 Å². The van der Waals surface area contributed by atoms with Crippen LogP contribution in [0.15, 0.2) is 48.5 Å². The molecule has 0 saturated carbocycles. The third-order valence-corrected chi connectivity index (χ3v) is 3.21. The summed E-state index contributed by atoms with van der Waals surface area (Å²) in [7, 11) is 0. The highest BCUT2D eigenvalue weighted by Gasteiger charge is 2.18. The molecule has 0 bridgehead atoms. The number of carbonyl (C=O) groups is 1. The zero-order valence-electron chi connectivity index (χ0n) is 10.6. The minimum Gasteiger partial charge on any atom is -0.508 e.